The lowest BCUT2D eigenvalue weighted by Gasteiger charge is -2.16. The van der Waals surface area contributed by atoms with Crippen molar-refractivity contribution in [2.24, 2.45) is 5.92 Å². The van der Waals surface area contributed by atoms with E-state index in [0.717, 1.165) is 16.9 Å². The van der Waals surface area contributed by atoms with Gasteiger partial charge in [-0.15, -0.1) is 0 Å². The Bertz CT molecular complexity index is 656. The van der Waals surface area contributed by atoms with Crippen LogP contribution < -0.4 is 0 Å². The number of rotatable bonds is 6. The van der Waals surface area contributed by atoms with Gasteiger partial charge in [-0.3, -0.25) is 4.90 Å². The number of nitrogens with zero attached hydrogens (tertiary/aromatic N) is 4. The van der Waals surface area contributed by atoms with Gasteiger partial charge in [0.15, 0.2) is 0 Å². The second-order valence-electron chi connectivity index (χ2n) is 5.62. The molecule has 0 radical (unpaired) electrons. The molecule has 0 amide bonds. The lowest BCUT2D eigenvalue weighted by molar-refractivity contribution is 0.213. The molecule has 0 aliphatic rings. The first-order chi connectivity index (χ1) is 10.0. The fraction of sp³-hybridized carbons (Fsp3) is 0.500. The average molecular weight is 286 g/mol. The SMILES string of the molecule is Cc1ccc2c(c1)nc(CN(C)CCO)n2CC(C)C#N. The molecule has 0 saturated heterocycles. The first-order valence-electron chi connectivity index (χ1n) is 7.20. The van der Waals surface area contributed by atoms with Crippen LogP contribution in [0, 0.1) is 24.2 Å². The second kappa shape index (κ2) is 6.70. The highest BCUT2D eigenvalue weighted by atomic mass is 16.3. The van der Waals surface area contributed by atoms with Gasteiger partial charge in [0, 0.05) is 13.1 Å². The van der Waals surface area contributed by atoms with Gasteiger partial charge in [-0.2, -0.15) is 5.26 Å². The van der Waals surface area contributed by atoms with Crippen LogP contribution in [-0.2, 0) is 13.1 Å². The lowest BCUT2D eigenvalue weighted by Crippen LogP contribution is -2.24. The van der Waals surface area contributed by atoms with Crippen molar-refractivity contribution >= 4 is 11.0 Å². The quantitative estimate of drug-likeness (QED) is 0.881. The molecule has 5 nitrogen and oxygen atoms in total. The van der Waals surface area contributed by atoms with Crippen LogP contribution in [0.15, 0.2) is 18.2 Å². The topological polar surface area (TPSA) is 65.1 Å². The van der Waals surface area contributed by atoms with Gasteiger partial charge < -0.3 is 9.67 Å². The highest BCUT2D eigenvalue weighted by Crippen LogP contribution is 2.20. The largest absolute Gasteiger partial charge is 0.395 e. The molecule has 1 N–H and O–H groups in total. The summed E-state index contributed by atoms with van der Waals surface area (Å²) >= 11 is 0. The van der Waals surface area contributed by atoms with Crippen LogP contribution in [-0.4, -0.2) is 39.8 Å². The van der Waals surface area contributed by atoms with E-state index < -0.39 is 0 Å². The third kappa shape index (κ3) is 3.60. The fourth-order valence-electron chi connectivity index (χ4n) is 2.42. The molecule has 1 heterocycles. The summed E-state index contributed by atoms with van der Waals surface area (Å²) in [6.45, 7) is 6.00. The van der Waals surface area contributed by atoms with Crippen molar-refractivity contribution in [2.75, 3.05) is 20.2 Å². The highest BCUT2D eigenvalue weighted by Gasteiger charge is 2.14. The van der Waals surface area contributed by atoms with Crippen molar-refractivity contribution in [3.8, 4) is 6.07 Å². The summed E-state index contributed by atoms with van der Waals surface area (Å²) in [6.07, 6.45) is 0. The van der Waals surface area contributed by atoms with E-state index in [9.17, 15) is 0 Å². The number of aromatic nitrogens is 2. The number of aryl methyl sites for hydroxylation is 1. The van der Waals surface area contributed by atoms with Crippen LogP contribution in [0.3, 0.4) is 0 Å². The molecule has 0 bridgehead atoms. The zero-order chi connectivity index (χ0) is 15.4. The average Bonchev–Trinajstić information content (AvgIpc) is 2.75. The number of aliphatic hydroxyl groups excluding tert-OH is 1. The van der Waals surface area contributed by atoms with Crippen LogP contribution >= 0.6 is 0 Å². The van der Waals surface area contributed by atoms with Gasteiger partial charge in [0.05, 0.1) is 36.2 Å². The summed E-state index contributed by atoms with van der Waals surface area (Å²) in [4.78, 5) is 6.74. The molecule has 0 spiro atoms. The van der Waals surface area contributed by atoms with E-state index in [1.807, 2.05) is 25.8 Å². The number of nitriles is 1. The van der Waals surface area contributed by atoms with Crippen LogP contribution in [0.25, 0.3) is 11.0 Å². The number of hydrogen-bond acceptors (Lipinski definition) is 4. The molecule has 0 saturated carbocycles. The fourth-order valence-corrected chi connectivity index (χ4v) is 2.42. The Morgan fingerprint density at radius 1 is 1.48 bits per heavy atom. The molecular weight excluding hydrogens is 264 g/mol. The summed E-state index contributed by atoms with van der Waals surface area (Å²) in [5, 5.41) is 18.1. The van der Waals surface area contributed by atoms with Crippen LogP contribution in [0.5, 0.6) is 0 Å². The van der Waals surface area contributed by atoms with Crippen molar-refractivity contribution in [3.05, 3.63) is 29.6 Å². The molecule has 0 aliphatic carbocycles. The molecule has 1 unspecified atom stereocenters. The van der Waals surface area contributed by atoms with Gasteiger partial charge >= 0.3 is 0 Å². The van der Waals surface area contributed by atoms with Gasteiger partial charge in [0.2, 0.25) is 0 Å². The molecule has 1 aromatic carbocycles. The molecule has 1 atom stereocenters. The first-order valence-corrected chi connectivity index (χ1v) is 7.20. The maximum absolute atomic E-state index is 9.08. The Balaban J connectivity index is 2.41. The Hall–Kier alpha value is -1.90. The van der Waals surface area contributed by atoms with E-state index in [4.69, 9.17) is 15.4 Å². The molecule has 0 fully saturated rings. The summed E-state index contributed by atoms with van der Waals surface area (Å²) < 4.78 is 2.12. The Morgan fingerprint density at radius 3 is 2.90 bits per heavy atom. The number of imidazole rings is 1. The molecule has 1 aromatic heterocycles. The maximum Gasteiger partial charge on any atom is 0.124 e. The van der Waals surface area contributed by atoms with Gasteiger partial charge in [0.25, 0.3) is 0 Å². The van der Waals surface area contributed by atoms with Crippen LogP contribution in [0.1, 0.15) is 18.3 Å². The molecule has 21 heavy (non-hydrogen) atoms. The Labute approximate surface area is 125 Å². The predicted octanol–water partition coefficient (Wildman–Crippen LogP) is 1.93. The monoisotopic (exact) mass is 286 g/mol. The molecule has 2 aromatic rings. The number of hydrogen-bond donors (Lipinski definition) is 1. The first kappa shape index (κ1) is 15.5. The van der Waals surface area contributed by atoms with Crippen LogP contribution in [0.2, 0.25) is 0 Å². The van der Waals surface area contributed by atoms with Crippen molar-refractivity contribution in [3.63, 3.8) is 0 Å². The number of benzene rings is 1. The maximum atomic E-state index is 9.08. The standard InChI is InChI=1S/C16H22N4O/c1-12-4-5-15-14(8-12)18-16(11-19(3)6-7-21)20(15)10-13(2)9-17/h4-5,8,13,21H,6-7,10-11H2,1-3H3. The Kier molecular flexibility index (Phi) is 4.94. The minimum atomic E-state index is -0.0643. The van der Waals surface area contributed by atoms with Crippen molar-refractivity contribution in [2.45, 2.75) is 26.9 Å². The number of aliphatic hydroxyl groups is 1. The van der Waals surface area contributed by atoms with E-state index in [1.165, 1.54) is 5.56 Å². The predicted molar refractivity (Wildman–Crippen MR) is 82.7 cm³/mol. The van der Waals surface area contributed by atoms with E-state index in [1.54, 1.807) is 0 Å². The minimum Gasteiger partial charge on any atom is -0.395 e. The third-order valence-electron chi connectivity index (χ3n) is 3.55. The van der Waals surface area contributed by atoms with Crippen LogP contribution in [0.4, 0.5) is 0 Å². The minimum absolute atomic E-state index is 0.0643. The molecule has 5 heteroatoms. The van der Waals surface area contributed by atoms with Crippen molar-refractivity contribution in [1.29, 1.82) is 5.26 Å². The molecule has 2 rings (SSSR count). The van der Waals surface area contributed by atoms with E-state index >= 15 is 0 Å². The van der Waals surface area contributed by atoms with Gasteiger partial charge in [-0.1, -0.05) is 6.07 Å². The lowest BCUT2D eigenvalue weighted by atomic mass is 10.2. The van der Waals surface area contributed by atoms with Gasteiger partial charge in [-0.25, -0.2) is 4.98 Å². The Morgan fingerprint density at radius 2 is 2.24 bits per heavy atom. The van der Waals surface area contributed by atoms with E-state index in [-0.39, 0.29) is 12.5 Å². The zero-order valence-electron chi connectivity index (χ0n) is 12.9. The third-order valence-corrected chi connectivity index (χ3v) is 3.55. The zero-order valence-corrected chi connectivity index (χ0v) is 12.9. The highest BCUT2D eigenvalue weighted by molar-refractivity contribution is 5.76. The summed E-state index contributed by atoms with van der Waals surface area (Å²) in [5.41, 5.74) is 3.21. The molecule has 0 aliphatic heterocycles. The van der Waals surface area contributed by atoms with E-state index in [2.05, 4.69) is 28.8 Å². The van der Waals surface area contributed by atoms with Crippen molar-refractivity contribution in [1.82, 2.24) is 14.5 Å². The van der Waals surface area contributed by atoms with Crippen molar-refractivity contribution < 1.29 is 5.11 Å². The number of likely N-dealkylation sites (N-methyl/N-ethyl adjacent to an activating group) is 1. The summed E-state index contributed by atoms with van der Waals surface area (Å²) in [6, 6.07) is 8.49. The summed E-state index contributed by atoms with van der Waals surface area (Å²) in [5.74, 6) is 0.874. The second-order valence-corrected chi connectivity index (χ2v) is 5.62. The van der Waals surface area contributed by atoms with Gasteiger partial charge in [0.1, 0.15) is 5.82 Å². The molecular formula is C16H22N4O. The smallest absolute Gasteiger partial charge is 0.124 e. The summed E-state index contributed by atoms with van der Waals surface area (Å²) in [7, 11) is 1.96. The molecule has 112 valence electrons. The van der Waals surface area contributed by atoms with Gasteiger partial charge in [-0.05, 0) is 38.6 Å². The normalized spacial score (nSPS) is 12.8. The van der Waals surface area contributed by atoms with E-state index in [0.29, 0.717) is 19.6 Å². The number of fused-ring (bicyclic) bond motifs is 1.